The summed E-state index contributed by atoms with van der Waals surface area (Å²) in [4.78, 5) is 19.6. The molecule has 3 rings (SSSR count). The van der Waals surface area contributed by atoms with E-state index in [0.717, 1.165) is 5.69 Å². The van der Waals surface area contributed by atoms with Gasteiger partial charge in [-0.15, -0.1) is 0 Å². The normalized spacial score (nSPS) is 14.6. The molecule has 2 aromatic rings. The number of hydrogen-bond acceptors (Lipinski definition) is 6. The zero-order valence-corrected chi connectivity index (χ0v) is 14.3. The van der Waals surface area contributed by atoms with Crippen LogP contribution in [0.25, 0.3) is 0 Å². The van der Waals surface area contributed by atoms with Crippen molar-refractivity contribution in [3.05, 3.63) is 41.3 Å². The van der Waals surface area contributed by atoms with Gasteiger partial charge in [-0.1, -0.05) is 0 Å². The number of nitriles is 1. The fourth-order valence-electron chi connectivity index (χ4n) is 2.82. The smallest absolute Gasteiger partial charge is 0.225 e. The van der Waals surface area contributed by atoms with E-state index < -0.39 is 6.10 Å². The first kappa shape index (κ1) is 16.9. The van der Waals surface area contributed by atoms with Crippen LogP contribution in [0.3, 0.4) is 0 Å². The number of rotatable bonds is 4. The van der Waals surface area contributed by atoms with Crippen LogP contribution in [-0.2, 0) is 17.9 Å². The average Bonchev–Trinajstić information content (AvgIpc) is 3.04. The third-order valence-corrected chi connectivity index (χ3v) is 4.23. The Morgan fingerprint density at radius 2 is 2.28 bits per heavy atom. The third-order valence-electron chi connectivity index (χ3n) is 4.23. The van der Waals surface area contributed by atoms with Gasteiger partial charge in [0.25, 0.3) is 0 Å². The van der Waals surface area contributed by atoms with Crippen molar-refractivity contribution in [2.24, 2.45) is 0 Å². The molecule has 1 unspecified atom stereocenters. The number of pyridine rings is 1. The molecule has 0 saturated heterocycles. The molecule has 130 valence electrons. The van der Waals surface area contributed by atoms with E-state index >= 15 is 0 Å². The Morgan fingerprint density at radius 1 is 1.48 bits per heavy atom. The zero-order chi connectivity index (χ0) is 18.0. The lowest BCUT2D eigenvalue weighted by Gasteiger charge is -2.29. The summed E-state index contributed by atoms with van der Waals surface area (Å²) in [5.74, 6) is 0.509. The predicted octanol–water partition coefficient (Wildman–Crippen LogP) is 0.682. The highest BCUT2D eigenvalue weighted by atomic mass is 16.3. The van der Waals surface area contributed by atoms with Crippen molar-refractivity contribution in [1.82, 2.24) is 19.7 Å². The summed E-state index contributed by atoms with van der Waals surface area (Å²) in [6.45, 7) is 1.85. The quantitative estimate of drug-likeness (QED) is 0.879. The molecule has 0 radical (unpaired) electrons. The molecule has 1 aliphatic rings. The molecule has 0 bridgehead atoms. The molecule has 2 aromatic heterocycles. The molecule has 3 heterocycles. The topological polar surface area (TPSA) is 98.3 Å². The minimum Gasteiger partial charge on any atom is -0.386 e. The van der Waals surface area contributed by atoms with Crippen molar-refractivity contribution in [3.63, 3.8) is 0 Å². The largest absolute Gasteiger partial charge is 0.386 e. The summed E-state index contributed by atoms with van der Waals surface area (Å²) in [5.41, 5.74) is 1.95. The van der Waals surface area contributed by atoms with E-state index in [2.05, 4.69) is 16.2 Å². The maximum atomic E-state index is 11.8. The standard InChI is InChI=1S/C17H20N6O2/c1-21(2)16(25)9-15(24)14-8-13-11-22(6-7-23(13)20-14)17-12(10-18)4-3-5-19-17/h3-5,8,15,24H,6-7,9,11H2,1-2H3. The van der Waals surface area contributed by atoms with Gasteiger partial charge in [0.2, 0.25) is 5.91 Å². The van der Waals surface area contributed by atoms with Gasteiger partial charge in [-0.05, 0) is 18.2 Å². The van der Waals surface area contributed by atoms with Gasteiger partial charge in [0.1, 0.15) is 18.0 Å². The summed E-state index contributed by atoms with van der Waals surface area (Å²) in [6, 6.07) is 7.47. The number of anilines is 1. The van der Waals surface area contributed by atoms with E-state index in [4.69, 9.17) is 0 Å². The van der Waals surface area contributed by atoms with Crippen molar-refractivity contribution >= 4 is 11.7 Å². The molecular formula is C17H20N6O2. The fraction of sp³-hybridized carbons (Fsp3) is 0.412. The fourth-order valence-corrected chi connectivity index (χ4v) is 2.82. The highest BCUT2D eigenvalue weighted by Crippen LogP contribution is 2.25. The minimum atomic E-state index is -0.925. The molecule has 8 heteroatoms. The maximum absolute atomic E-state index is 11.8. The Kier molecular flexibility index (Phi) is 4.67. The number of hydrogen-bond donors (Lipinski definition) is 1. The lowest BCUT2D eigenvalue weighted by atomic mass is 10.1. The molecule has 0 aliphatic carbocycles. The van der Waals surface area contributed by atoms with Gasteiger partial charge in [-0.3, -0.25) is 9.48 Å². The van der Waals surface area contributed by atoms with Gasteiger partial charge in [-0.25, -0.2) is 4.98 Å². The van der Waals surface area contributed by atoms with Crippen LogP contribution >= 0.6 is 0 Å². The second-order valence-corrected chi connectivity index (χ2v) is 6.20. The van der Waals surface area contributed by atoms with Gasteiger partial charge in [0, 0.05) is 26.8 Å². The van der Waals surface area contributed by atoms with E-state index in [-0.39, 0.29) is 12.3 Å². The third kappa shape index (κ3) is 3.46. The first-order valence-electron chi connectivity index (χ1n) is 8.04. The van der Waals surface area contributed by atoms with Crippen molar-refractivity contribution in [3.8, 4) is 6.07 Å². The Balaban J connectivity index is 1.77. The summed E-state index contributed by atoms with van der Waals surface area (Å²) in [5, 5.41) is 23.9. The van der Waals surface area contributed by atoms with Crippen molar-refractivity contribution in [1.29, 1.82) is 5.26 Å². The molecule has 1 aliphatic heterocycles. The number of aliphatic hydroxyl groups excluding tert-OH is 1. The average molecular weight is 340 g/mol. The zero-order valence-electron chi connectivity index (χ0n) is 14.3. The lowest BCUT2D eigenvalue weighted by Crippen LogP contribution is -2.34. The predicted molar refractivity (Wildman–Crippen MR) is 90.5 cm³/mol. The summed E-state index contributed by atoms with van der Waals surface area (Å²) < 4.78 is 1.84. The second kappa shape index (κ2) is 6.91. The molecule has 8 nitrogen and oxygen atoms in total. The first-order valence-corrected chi connectivity index (χ1v) is 8.04. The molecule has 1 atom stereocenters. The Hall–Kier alpha value is -2.92. The number of fused-ring (bicyclic) bond motifs is 1. The number of aromatic nitrogens is 3. The van der Waals surface area contributed by atoms with Crippen LogP contribution in [-0.4, -0.2) is 51.3 Å². The summed E-state index contributed by atoms with van der Waals surface area (Å²) in [7, 11) is 3.32. The van der Waals surface area contributed by atoms with Crippen LogP contribution in [0, 0.1) is 11.3 Å². The van der Waals surface area contributed by atoms with Gasteiger partial charge < -0.3 is 14.9 Å². The van der Waals surface area contributed by atoms with Gasteiger partial charge in [-0.2, -0.15) is 10.4 Å². The highest BCUT2D eigenvalue weighted by molar-refractivity contribution is 5.76. The van der Waals surface area contributed by atoms with Crippen LogP contribution < -0.4 is 4.90 Å². The lowest BCUT2D eigenvalue weighted by molar-refractivity contribution is -0.130. The number of carbonyl (C=O) groups is 1. The van der Waals surface area contributed by atoms with Gasteiger partial charge in [0.15, 0.2) is 0 Å². The van der Waals surface area contributed by atoms with E-state index in [0.29, 0.717) is 36.7 Å². The summed E-state index contributed by atoms with van der Waals surface area (Å²) in [6.07, 6.45) is 0.752. The molecule has 1 amide bonds. The number of nitrogens with zero attached hydrogens (tertiary/aromatic N) is 6. The van der Waals surface area contributed by atoms with Crippen molar-refractivity contribution in [2.45, 2.75) is 25.6 Å². The van der Waals surface area contributed by atoms with Crippen LogP contribution in [0.5, 0.6) is 0 Å². The van der Waals surface area contributed by atoms with Gasteiger partial charge >= 0.3 is 0 Å². The monoisotopic (exact) mass is 340 g/mol. The van der Waals surface area contributed by atoms with Crippen molar-refractivity contribution < 1.29 is 9.90 Å². The molecule has 0 spiro atoms. The second-order valence-electron chi connectivity index (χ2n) is 6.20. The van der Waals surface area contributed by atoms with E-state index in [1.165, 1.54) is 4.90 Å². The minimum absolute atomic E-state index is 0.00594. The SMILES string of the molecule is CN(C)C(=O)CC(O)c1cc2n(n1)CCN(c1ncccc1C#N)C2. The van der Waals surface area contributed by atoms with E-state index in [1.807, 2.05) is 15.6 Å². The maximum Gasteiger partial charge on any atom is 0.225 e. The molecule has 1 N–H and O–H groups in total. The number of amides is 1. The first-order chi connectivity index (χ1) is 12.0. The van der Waals surface area contributed by atoms with Crippen LogP contribution in [0.4, 0.5) is 5.82 Å². The Labute approximate surface area is 145 Å². The molecule has 0 fully saturated rings. The Bertz CT molecular complexity index is 823. The van der Waals surface area contributed by atoms with E-state index in [1.54, 1.807) is 32.4 Å². The molecule has 0 aromatic carbocycles. The van der Waals surface area contributed by atoms with Crippen molar-refractivity contribution in [2.75, 3.05) is 25.5 Å². The number of carbonyl (C=O) groups excluding carboxylic acids is 1. The van der Waals surface area contributed by atoms with Crippen LogP contribution in [0.1, 0.15) is 29.5 Å². The molecule has 0 saturated carbocycles. The van der Waals surface area contributed by atoms with Crippen LogP contribution in [0.15, 0.2) is 24.4 Å². The Morgan fingerprint density at radius 3 is 3.00 bits per heavy atom. The molecular weight excluding hydrogens is 320 g/mol. The molecule has 25 heavy (non-hydrogen) atoms. The summed E-state index contributed by atoms with van der Waals surface area (Å²) >= 11 is 0. The van der Waals surface area contributed by atoms with Crippen LogP contribution in [0.2, 0.25) is 0 Å². The highest BCUT2D eigenvalue weighted by Gasteiger charge is 2.24. The van der Waals surface area contributed by atoms with E-state index in [9.17, 15) is 15.2 Å². The number of aliphatic hydroxyl groups is 1. The van der Waals surface area contributed by atoms with Gasteiger partial charge in [0.05, 0.1) is 36.5 Å².